The number of para-hydroxylation sites is 1. The van der Waals surface area contributed by atoms with Gasteiger partial charge in [-0.25, -0.2) is 0 Å². The van der Waals surface area contributed by atoms with Crippen LogP contribution in [0.5, 0.6) is 23.0 Å². The Hall–Kier alpha value is -2.93. The highest BCUT2D eigenvalue weighted by atomic mass is 16.5. The SMILES string of the molecule is COc1ccccc1C(c1ccc(OC)c(OC)c1OC)N1CCCC1C(=O)O. The smallest absolute Gasteiger partial charge is 0.320 e. The van der Waals surface area contributed by atoms with Crippen molar-refractivity contribution in [2.45, 2.75) is 24.9 Å². The number of benzene rings is 2. The van der Waals surface area contributed by atoms with Gasteiger partial charge in [-0.1, -0.05) is 18.2 Å². The zero-order valence-corrected chi connectivity index (χ0v) is 17.2. The summed E-state index contributed by atoms with van der Waals surface area (Å²) in [6.45, 7) is 0.650. The van der Waals surface area contributed by atoms with Gasteiger partial charge in [0.2, 0.25) is 5.75 Å². The molecule has 0 bridgehead atoms. The van der Waals surface area contributed by atoms with Crippen molar-refractivity contribution in [1.82, 2.24) is 4.90 Å². The molecule has 1 N–H and O–H groups in total. The van der Waals surface area contributed by atoms with E-state index >= 15 is 0 Å². The van der Waals surface area contributed by atoms with Crippen LogP contribution in [-0.4, -0.2) is 57.0 Å². The fourth-order valence-electron chi connectivity index (χ4n) is 4.12. The Bertz CT molecular complexity index is 868. The van der Waals surface area contributed by atoms with Crippen molar-refractivity contribution in [3.05, 3.63) is 47.5 Å². The summed E-state index contributed by atoms with van der Waals surface area (Å²) in [4.78, 5) is 14.0. The summed E-state index contributed by atoms with van der Waals surface area (Å²) < 4.78 is 22.3. The van der Waals surface area contributed by atoms with E-state index in [1.807, 2.05) is 41.3 Å². The van der Waals surface area contributed by atoms with E-state index in [1.54, 1.807) is 28.4 Å². The van der Waals surface area contributed by atoms with Crippen LogP contribution in [-0.2, 0) is 4.79 Å². The van der Waals surface area contributed by atoms with Gasteiger partial charge in [-0.3, -0.25) is 9.69 Å². The lowest BCUT2D eigenvalue weighted by Gasteiger charge is -2.34. The number of carbonyl (C=O) groups is 1. The summed E-state index contributed by atoms with van der Waals surface area (Å²) in [6.07, 6.45) is 1.40. The topological polar surface area (TPSA) is 77.5 Å². The molecule has 1 heterocycles. The van der Waals surface area contributed by atoms with Gasteiger partial charge in [-0.15, -0.1) is 0 Å². The molecular weight excluding hydrogens is 374 g/mol. The van der Waals surface area contributed by atoms with E-state index in [4.69, 9.17) is 18.9 Å². The highest BCUT2D eigenvalue weighted by Crippen LogP contribution is 2.48. The van der Waals surface area contributed by atoms with E-state index in [2.05, 4.69) is 0 Å². The van der Waals surface area contributed by atoms with E-state index < -0.39 is 12.0 Å². The summed E-state index contributed by atoms with van der Waals surface area (Å²) in [7, 11) is 6.30. The second-order valence-corrected chi connectivity index (χ2v) is 6.80. The standard InChI is InChI=1S/C22H27NO6/c1-26-17-10-6-5-8-14(17)19(23-13-7-9-16(23)22(24)25)15-11-12-18(27-2)21(29-4)20(15)28-3/h5-6,8,10-12,16,19H,7,9,13H2,1-4H3,(H,24,25). The number of hydrogen-bond donors (Lipinski definition) is 1. The second-order valence-electron chi connectivity index (χ2n) is 6.80. The Kier molecular flexibility index (Phi) is 6.49. The molecule has 2 aromatic carbocycles. The van der Waals surface area contributed by atoms with E-state index in [1.165, 1.54) is 0 Å². The highest BCUT2D eigenvalue weighted by molar-refractivity contribution is 5.74. The highest BCUT2D eigenvalue weighted by Gasteiger charge is 2.39. The predicted octanol–water partition coefficient (Wildman–Crippen LogP) is 3.36. The minimum atomic E-state index is -0.832. The van der Waals surface area contributed by atoms with E-state index in [0.717, 1.165) is 17.5 Å². The van der Waals surface area contributed by atoms with Gasteiger partial charge in [0.25, 0.3) is 0 Å². The van der Waals surface area contributed by atoms with Gasteiger partial charge in [0.15, 0.2) is 11.5 Å². The third kappa shape index (κ3) is 3.82. The van der Waals surface area contributed by atoms with Crippen molar-refractivity contribution in [2.75, 3.05) is 35.0 Å². The van der Waals surface area contributed by atoms with Crippen LogP contribution in [0.2, 0.25) is 0 Å². The molecule has 1 saturated heterocycles. The van der Waals surface area contributed by atoms with Crippen molar-refractivity contribution in [2.24, 2.45) is 0 Å². The van der Waals surface area contributed by atoms with Gasteiger partial charge in [0, 0.05) is 17.7 Å². The summed E-state index contributed by atoms with van der Waals surface area (Å²) in [5, 5.41) is 9.81. The molecule has 0 saturated carbocycles. The first-order chi connectivity index (χ1) is 14.1. The van der Waals surface area contributed by atoms with Crippen LogP contribution >= 0.6 is 0 Å². The average Bonchev–Trinajstić information content (AvgIpc) is 3.23. The molecule has 2 atom stereocenters. The summed E-state index contributed by atoms with van der Waals surface area (Å²) in [5.41, 5.74) is 1.66. The Balaban J connectivity index is 2.25. The third-order valence-electron chi connectivity index (χ3n) is 5.37. The average molecular weight is 401 g/mol. The van der Waals surface area contributed by atoms with Gasteiger partial charge >= 0.3 is 5.97 Å². The number of likely N-dealkylation sites (tertiary alicyclic amines) is 1. The van der Waals surface area contributed by atoms with E-state index in [-0.39, 0.29) is 6.04 Å². The molecule has 0 radical (unpaired) electrons. The van der Waals surface area contributed by atoms with Crippen molar-refractivity contribution in [1.29, 1.82) is 0 Å². The summed E-state index contributed by atoms with van der Waals surface area (Å²) in [5.74, 6) is 1.38. The number of methoxy groups -OCH3 is 4. The van der Waals surface area contributed by atoms with Gasteiger partial charge in [0.05, 0.1) is 34.5 Å². The maximum atomic E-state index is 12.0. The lowest BCUT2D eigenvalue weighted by Crippen LogP contribution is -2.39. The molecule has 2 unspecified atom stereocenters. The Morgan fingerprint density at radius 3 is 2.24 bits per heavy atom. The molecule has 0 amide bonds. The molecule has 1 fully saturated rings. The fraction of sp³-hybridized carbons (Fsp3) is 0.409. The van der Waals surface area contributed by atoms with Gasteiger partial charge < -0.3 is 24.1 Å². The largest absolute Gasteiger partial charge is 0.496 e. The van der Waals surface area contributed by atoms with Crippen LogP contribution < -0.4 is 18.9 Å². The molecule has 29 heavy (non-hydrogen) atoms. The third-order valence-corrected chi connectivity index (χ3v) is 5.37. The number of carboxylic acids is 1. The van der Waals surface area contributed by atoms with Crippen LogP contribution in [0.25, 0.3) is 0 Å². The summed E-state index contributed by atoms with van der Waals surface area (Å²) in [6, 6.07) is 10.4. The first kappa shape index (κ1) is 20.8. The quantitative estimate of drug-likeness (QED) is 0.727. The number of nitrogens with zero attached hydrogens (tertiary/aromatic N) is 1. The fourth-order valence-corrected chi connectivity index (χ4v) is 4.12. The van der Waals surface area contributed by atoms with Crippen LogP contribution in [0.1, 0.15) is 30.0 Å². The van der Waals surface area contributed by atoms with Crippen LogP contribution in [0.4, 0.5) is 0 Å². The maximum Gasteiger partial charge on any atom is 0.320 e. The van der Waals surface area contributed by atoms with E-state index in [9.17, 15) is 9.90 Å². The lowest BCUT2D eigenvalue weighted by atomic mass is 9.94. The Morgan fingerprint density at radius 2 is 1.62 bits per heavy atom. The molecule has 1 aliphatic heterocycles. The number of hydrogen-bond acceptors (Lipinski definition) is 6. The molecular formula is C22H27NO6. The first-order valence-corrected chi connectivity index (χ1v) is 9.47. The van der Waals surface area contributed by atoms with Crippen LogP contribution in [0, 0.1) is 0 Å². The molecule has 156 valence electrons. The second kappa shape index (κ2) is 9.05. The number of carboxylic acid groups (broad SMARTS) is 1. The number of ether oxygens (including phenoxy) is 4. The van der Waals surface area contributed by atoms with Crippen LogP contribution in [0.15, 0.2) is 36.4 Å². The zero-order valence-electron chi connectivity index (χ0n) is 17.2. The Morgan fingerprint density at radius 1 is 0.931 bits per heavy atom. The monoisotopic (exact) mass is 401 g/mol. The molecule has 7 heteroatoms. The van der Waals surface area contributed by atoms with Gasteiger partial charge in [0.1, 0.15) is 11.8 Å². The normalized spacial score (nSPS) is 17.6. The molecule has 0 aromatic heterocycles. The van der Waals surface area contributed by atoms with Crippen molar-refractivity contribution in [3.8, 4) is 23.0 Å². The minimum Gasteiger partial charge on any atom is -0.496 e. The summed E-state index contributed by atoms with van der Waals surface area (Å²) >= 11 is 0. The van der Waals surface area contributed by atoms with E-state index in [0.29, 0.717) is 36.0 Å². The van der Waals surface area contributed by atoms with Gasteiger partial charge in [-0.05, 0) is 31.0 Å². The van der Waals surface area contributed by atoms with Crippen molar-refractivity contribution >= 4 is 5.97 Å². The minimum absolute atomic E-state index is 0.385. The zero-order chi connectivity index (χ0) is 21.0. The number of rotatable bonds is 8. The molecule has 1 aliphatic rings. The lowest BCUT2D eigenvalue weighted by molar-refractivity contribution is -0.142. The first-order valence-electron chi connectivity index (χ1n) is 9.47. The predicted molar refractivity (Wildman–Crippen MR) is 108 cm³/mol. The Labute approximate surface area is 170 Å². The molecule has 0 aliphatic carbocycles. The van der Waals surface area contributed by atoms with Crippen molar-refractivity contribution < 1.29 is 28.8 Å². The van der Waals surface area contributed by atoms with Crippen LogP contribution in [0.3, 0.4) is 0 Å². The van der Waals surface area contributed by atoms with Crippen molar-refractivity contribution in [3.63, 3.8) is 0 Å². The molecule has 2 aromatic rings. The molecule has 0 spiro atoms. The molecule has 3 rings (SSSR count). The number of aliphatic carboxylic acids is 1. The maximum absolute atomic E-state index is 12.0. The van der Waals surface area contributed by atoms with Gasteiger partial charge in [-0.2, -0.15) is 0 Å². The molecule has 7 nitrogen and oxygen atoms in total.